The van der Waals surface area contributed by atoms with E-state index >= 15 is 0 Å². The van der Waals surface area contributed by atoms with Crippen LogP contribution >= 0.6 is 0 Å². The summed E-state index contributed by atoms with van der Waals surface area (Å²) in [4.78, 5) is 4.82. The highest BCUT2D eigenvalue weighted by Crippen LogP contribution is 2.27. The van der Waals surface area contributed by atoms with E-state index in [9.17, 15) is 5.26 Å². The van der Waals surface area contributed by atoms with E-state index in [4.69, 9.17) is 0 Å². The van der Waals surface area contributed by atoms with Crippen LogP contribution in [0.5, 0.6) is 0 Å². The maximum Gasteiger partial charge on any atom is 0.169 e. The van der Waals surface area contributed by atoms with Crippen molar-refractivity contribution in [3.05, 3.63) is 16.8 Å². The smallest absolute Gasteiger partial charge is 0.169 e. The van der Waals surface area contributed by atoms with Gasteiger partial charge >= 0.3 is 0 Å². The summed E-state index contributed by atoms with van der Waals surface area (Å²) in [5, 5.41) is 17.9. The highest BCUT2D eigenvalue weighted by molar-refractivity contribution is 5.58. The second-order valence-corrected chi connectivity index (χ2v) is 5.85. The predicted octanol–water partition coefficient (Wildman–Crippen LogP) is 1.64. The van der Waals surface area contributed by atoms with Crippen molar-refractivity contribution < 1.29 is 0 Å². The van der Waals surface area contributed by atoms with Crippen LogP contribution in [0.1, 0.15) is 36.1 Å². The first-order valence-electron chi connectivity index (χ1n) is 7.43. The number of hydrogen-bond donors (Lipinski definition) is 0. The van der Waals surface area contributed by atoms with Crippen molar-refractivity contribution in [2.75, 3.05) is 31.1 Å². The summed E-state index contributed by atoms with van der Waals surface area (Å²) in [7, 11) is 0. The first-order chi connectivity index (χ1) is 9.70. The minimum atomic E-state index is 0.618. The molecule has 3 heterocycles. The molecule has 0 amide bonds. The standard InChI is InChI=1S/C15H21N5/c1-11-12(2)17-18-15(14(11)9-16)20-8-5-13(10-20)19-6-3-4-7-19/h13H,3-8,10H2,1-2H3. The Labute approximate surface area is 120 Å². The molecule has 0 N–H and O–H groups in total. The Balaban J connectivity index is 1.81. The van der Waals surface area contributed by atoms with Crippen LogP contribution in [0.25, 0.3) is 0 Å². The number of hydrogen-bond acceptors (Lipinski definition) is 5. The molecule has 20 heavy (non-hydrogen) atoms. The van der Waals surface area contributed by atoms with Crippen molar-refractivity contribution in [1.29, 1.82) is 5.26 Å². The van der Waals surface area contributed by atoms with Gasteiger partial charge in [0.1, 0.15) is 11.6 Å². The van der Waals surface area contributed by atoms with Crippen molar-refractivity contribution in [3.63, 3.8) is 0 Å². The molecule has 5 nitrogen and oxygen atoms in total. The highest BCUT2D eigenvalue weighted by Gasteiger charge is 2.31. The molecule has 3 rings (SSSR count). The van der Waals surface area contributed by atoms with E-state index in [1.54, 1.807) is 0 Å². The van der Waals surface area contributed by atoms with Crippen molar-refractivity contribution in [1.82, 2.24) is 15.1 Å². The Kier molecular flexibility index (Phi) is 3.58. The summed E-state index contributed by atoms with van der Waals surface area (Å²) < 4.78 is 0. The summed E-state index contributed by atoms with van der Waals surface area (Å²) in [5.41, 5.74) is 2.50. The second-order valence-electron chi connectivity index (χ2n) is 5.85. The Morgan fingerprint density at radius 2 is 1.90 bits per heavy atom. The summed E-state index contributed by atoms with van der Waals surface area (Å²) >= 11 is 0. The quantitative estimate of drug-likeness (QED) is 0.818. The topological polar surface area (TPSA) is 56.1 Å². The first kappa shape index (κ1) is 13.3. The van der Waals surface area contributed by atoms with Crippen LogP contribution < -0.4 is 4.90 Å². The molecular weight excluding hydrogens is 250 g/mol. The number of aryl methyl sites for hydroxylation is 1. The maximum absolute atomic E-state index is 9.41. The van der Waals surface area contributed by atoms with E-state index in [1.807, 2.05) is 13.8 Å². The molecule has 1 atom stereocenters. The average Bonchev–Trinajstić information content (AvgIpc) is 3.11. The molecule has 2 aliphatic rings. The maximum atomic E-state index is 9.41. The van der Waals surface area contributed by atoms with Crippen LogP contribution in [0.15, 0.2) is 0 Å². The van der Waals surface area contributed by atoms with Gasteiger partial charge in [0.2, 0.25) is 0 Å². The van der Waals surface area contributed by atoms with Crippen LogP contribution in [0.4, 0.5) is 5.82 Å². The zero-order valence-corrected chi connectivity index (χ0v) is 12.3. The Hall–Kier alpha value is -1.67. The molecule has 106 valence electrons. The van der Waals surface area contributed by atoms with E-state index in [1.165, 1.54) is 32.4 Å². The fraction of sp³-hybridized carbons (Fsp3) is 0.667. The molecule has 2 saturated heterocycles. The van der Waals surface area contributed by atoms with Gasteiger partial charge in [-0.05, 0) is 51.8 Å². The molecule has 0 aliphatic carbocycles. The van der Waals surface area contributed by atoms with Gasteiger partial charge in [0.15, 0.2) is 5.82 Å². The molecule has 1 aromatic rings. The van der Waals surface area contributed by atoms with Gasteiger partial charge in [-0.2, -0.15) is 10.4 Å². The summed E-state index contributed by atoms with van der Waals surface area (Å²) in [6, 6.07) is 2.93. The lowest BCUT2D eigenvalue weighted by Crippen LogP contribution is -2.35. The van der Waals surface area contributed by atoms with Gasteiger partial charge in [-0.1, -0.05) is 0 Å². The largest absolute Gasteiger partial charge is 0.352 e. The SMILES string of the molecule is Cc1nnc(N2CCC(N3CCCC3)C2)c(C#N)c1C. The van der Waals surface area contributed by atoms with E-state index in [-0.39, 0.29) is 0 Å². The van der Waals surface area contributed by atoms with Gasteiger partial charge in [-0.25, -0.2) is 0 Å². The summed E-state index contributed by atoms with van der Waals surface area (Å²) in [6.07, 6.45) is 3.81. The molecule has 0 spiro atoms. The van der Waals surface area contributed by atoms with Crippen molar-refractivity contribution >= 4 is 5.82 Å². The molecular formula is C15H21N5. The molecule has 2 aliphatic heterocycles. The highest BCUT2D eigenvalue weighted by atomic mass is 15.3. The number of nitriles is 1. The molecule has 2 fully saturated rings. The number of rotatable bonds is 2. The van der Waals surface area contributed by atoms with Crippen LogP contribution in [0.2, 0.25) is 0 Å². The van der Waals surface area contributed by atoms with E-state index in [0.717, 1.165) is 30.2 Å². The third kappa shape index (κ3) is 2.25. The van der Waals surface area contributed by atoms with Crippen LogP contribution in [0, 0.1) is 25.2 Å². The van der Waals surface area contributed by atoms with Gasteiger partial charge in [0, 0.05) is 19.1 Å². The third-order valence-electron chi connectivity index (χ3n) is 4.67. The zero-order valence-electron chi connectivity index (χ0n) is 12.3. The van der Waals surface area contributed by atoms with E-state index < -0.39 is 0 Å². The summed E-state index contributed by atoms with van der Waals surface area (Å²) in [5.74, 6) is 0.775. The Morgan fingerprint density at radius 3 is 2.60 bits per heavy atom. The number of likely N-dealkylation sites (tertiary alicyclic amines) is 1. The molecule has 0 aromatic carbocycles. The van der Waals surface area contributed by atoms with Gasteiger partial charge < -0.3 is 4.90 Å². The second kappa shape index (κ2) is 5.37. The number of anilines is 1. The summed E-state index contributed by atoms with van der Waals surface area (Å²) in [6.45, 7) is 8.27. The normalized spacial score (nSPS) is 23.2. The lowest BCUT2D eigenvalue weighted by atomic mass is 10.1. The fourth-order valence-corrected chi connectivity index (χ4v) is 3.29. The van der Waals surface area contributed by atoms with Crippen molar-refractivity contribution in [2.24, 2.45) is 0 Å². The fourth-order valence-electron chi connectivity index (χ4n) is 3.29. The zero-order chi connectivity index (χ0) is 14.1. The van der Waals surface area contributed by atoms with Crippen LogP contribution in [0.3, 0.4) is 0 Å². The van der Waals surface area contributed by atoms with Crippen LogP contribution in [-0.2, 0) is 0 Å². The van der Waals surface area contributed by atoms with E-state index in [2.05, 4.69) is 26.1 Å². The minimum Gasteiger partial charge on any atom is -0.352 e. The lowest BCUT2D eigenvalue weighted by molar-refractivity contribution is 0.260. The predicted molar refractivity (Wildman–Crippen MR) is 77.6 cm³/mol. The van der Waals surface area contributed by atoms with Crippen molar-refractivity contribution in [2.45, 2.75) is 39.2 Å². The number of nitrogens with zero attached hydrogens (tertiary/aromatic N) is 5. The molecule has 1 unspecified atom stereocenters. The first-order valence-corrected chi connectivity index (χ1v) is 7.43. The molecule has 0 radical (unpaired) electrons. The van der Waals surface area contributed by atoms with Crippen molar-refractivity contribution in [3.8, 4) is 6.07 Å². The van der Waals surface area contributed by atoms with Gasteiger partial charge in [0.05, 0.1) is 5.69 Å². The third-order valence-corrected chi connectivity index (χ3v) is 4.67. The van der Waals surface area contributed by atoms with E-state index in [0.29, 0.717) is 11.6 Å². The minimum absolute atomic E-state index is 0.618. The lowest BCUT2D eigenvalue weighted by Gasteiger charge is -2.24. The monoisotopic (exact) mass is 271 g/mol. The Morgan fingerprint density at radius 1 is 1.15 bits per heavy atom. The average molecular weight is 271 g/mol. The van der Waals surface area contributed by atoms with Gasteiger partial charge in [-0.3, -0.25) is 4.90 Å². The molecule has 0 saturated carbocycles. The van der Waals surface area contributed by atoms with Gasteiger partial charge in [-0.15, -0.1) is 5.10 Å². The van der Waals surface area contributed by atoms with Crippen LogP contribution in [-0.4, -0.2) is 47.3 Å². The number of aromatic nitrogens is 2. The Bertz CT molecular complexity index is 542. The molecule has 5 heteroatoms. The molecule has 1 aromatic heterocycles. The molecule has 0 bridgehead atoms. The van der Waals surface area contributed by atoms with Gasteiger partial charge in [0.25, 0.3) is 0 Å².